The Morgan fingerprint density at radius 3 is 2.36 bits per heavy atom. The molecule has 28 heavy (non-hydrogen) atoms. The van der Waals surface area contributed by atoms with Crippen molar-refractivity contribution in [3.05, 3.63) is 82.6 Å². The standard InChI is InChI=1S/C21H18ClN3O3/c1-13-3-6-15(22)11-19(13)24-17-9-10-18(23-12-17)20(26)25-16-7-4-14(5-8-16)21(27)28-2/h3-12,24H,1-2H3,(H,25,26). The van der Waals surface area contributed by atoms with Crippen LogP contribution in [0.25, 0.3) is 0 Å². The molecular weight excluding hydrogens is 378 g/mol. The fraction of sp³-hybridized carbons (Fsp3) is 0.0952. The van der Waals surface area contributed by atoms with E-state index < -0.39 is 5.97 Å². The molecule has 0 unspecified atom stereocenters. The first-order valence-electron chi connectivity index (χ1n) is 8.45. The molecule has 0 bridgehead atoms. The number of nitrogens with one attached hydrogen (secondary N) is 2. The first-order valence-corrected chi connectivity index (χ1v) is 8.83. The molecule has 3 aromatic rings. The van der Waals surface area contributed by atoms with Crippen LogP contribution >= 0.6 is 11.6 Å². The zero-order valence-electron chi connectivity index (χ0n) is 15.3. The number of pyridine rings is 1. The van der Waals surface area contributed by atoms with Gasteiger partial charge in [0.25, 0.3) is 5.91 Å². The molecular formula is C21H18ClN3O3. The lowest BCUT2D eigenvalue weighted by Gasteiger charge is -2.10. The van der Waals surface area contributed by atoms with Gasteiger partial charge in [0, 0.05) is 16.4 Å². The molecule has 1 aromatic heterocycles. The van der Waals surface area contributed by atoms with E-state index in [0.717, 1.165) is 16.9 Å². The van der Waals surface area contributed by atoms with Crippen molar-refractivity contribution >= 4 is 40.5 Å². The number of anilines is 3. The first-order chi connectivity index (χ1) is 13.5. The molecule has 1 amide bonds. The van der Waals surface area contributed by atoms with Gasteiger partial charge in [-0.1, -0.05) is 17.7 Å². The molecule has 0 atom stereocenters. The predicted molar refractivity (Wildman–Crippen MR) is 109 cm³/mol. The number of ether oxygens (including phenoxy) is 1. The summed E-state index contributed by atoms with van der Waals surface area (Å²) in [4.78, 5) is 28.0. The monoisotopic (exact) mass is 395 g/mol. The van der Waals surface area contributed by atoms with Gasteiger partial charge in [0.05, 0.1) is 24.6 Å². The Hall–Kier alpha value is -3.38. The highest BCUT2D eigenvalue weighted by Gasteiger charge is 2.10. The molecule has 2 N–H and O–H groups in total. The Bertz CT molecular complexity index is 1000. The Balaban J connectivity index is 1.66. The summed E-state index contributed by atoms with van der Waals surface area (Å²) in [7, 11) is 1.32. The van der Waals surface area contributed by atoms with E-state index in [1.165, 1.54) is 7.11 Å². The number of hydrogen-bond donors (Lipinski definition) is 2. The van der Waals surface area contributed by atoms with E-state index in [4.69, 9.17) is 11.6 Å². The van der Waals surface area contributed by atoms with Crippen molar-refractivity contribution in [3.63, 3.8) is 0 Å². The van der Waals surface area contributed by atoms with E-state index in [1.54, 1.807) is 42.6 Å². The number of methoxy groups -OCH3 is 1. The van der Waals surface area contributed by atoms with Gasteiger partial charge >= 0.3 is 5.97 Å². The highest BCUT2D eigenvalue weighted by atomic mass is 35.5. The van der Waals surface area contributed by atoms with Crippen LogP contribution in [0.1, 0.15) is 26.4 Å². The van der Waals surface area contributed by atoms with Crippen molar-refractivity contribution in [2.45, 2.75) is 6.92 Å². The smallest absolute Gasteiger partial charge is 0.337 e. The van der Waals surface area contributed by atoms with Crippen molar-refractivity contribution in [1.29, 1.82) is 0 Å². The molecule has 0 aliphatic carbocycles. The molecule has 1 heterocycles. The topological polar surface area (TPSA) is 80.3 Å². The maximum absolute atomic E-state index is 12.4. The van der Waals surface area contributed by atoms with Gasteiger partial charge in [0.2, 0.25) is 0 Å². The fourth-order valence-electron chi connectivity index (χ4n) is 2.49. The summed E-state index contributed by atoms with van der Waals surface area (Å²) in [5.74, 6) is -0.783. The summed E-state index contributed by atoms with van der Waals surface area (Å²) in [6.07, 6.45) is 1.58. The summed E-state index contributed by atoms with van der Waals surface area (Å²) >= 11 is 6.03. The van der Waals surface area contributed by atoms with E-state index in [0.29, 0.717) is 16.3 Å². The third kappa shape index (κ3) is 4.66. The van der Waals surface area contributed by atoms with Crippen molar-refractivity contribution < 1.29 is 14.3 Å². The lowest BCUT2D eigenvalue weighted by molar-refractivity contribution is 0.0600. The Morgan fingerprint density at radius 1 is 1.00 bits per heavy atom. The molecule has 2 aromatic carbocycles. The molecule has 3 rings (SSSR count). The Labute approximate surface area is 167 Å². The Kier molecular flexibility index (Phi) is 5.91. The number of aryl methyl sites for hydroxylation is 1. The number of halogens is 1. The molecule has 0 saturated heterocycles. The van der Waals surface area contributed by atoms with Crippen molar-refractivity contribution in [3.8, 4) is 0 Å². The van der Waals surface area contributed by atoms with E-state index in [-0.39, 0.29) is 11.6 Å². The van der Waals surface area contributed by atoms with Gasteiger partial charge in [-0.25, -0.2) is 9.78 Å². The second kappa shape index (κ2) is 8.54. The third-order valence-electron chi connectivity index (χ3n) is 4.04. The minimum absolute atomic E-state index is 0.269. The van der Waals surface area contributed by atoms with E-state index >= 15 is 0 Å². The number of esters is 1. The van der Waals surface area contributed by atoms with Crippen LogP contribution in [0.4, 0.5) is 17.1 Å². The molecule has 0 aliphatic rings. The third-order valence-corrected chi connectivity index (χ3v) is 4.27. The number of carbonyl (C=O) groups is 2. The van der Waals surface area contributed by atoms with Crippen LogP contribution in [0.5, 0.6) is 0 Å². The van der Waals surface area contributed by atoms with Crippen LogP contribution < -0.4 is 10.6 Å². The van der Waals surface area contributed by atoms with Crippen molar-refractivity contribution in [2.75, 3.05) is 17.7 Å². The lowest BCUT2D eigenvalue weighted by Crippen LogP contribution is -2.13. The van der Waals surface area contributed by atoms with Crippen LogP contribution in [0.2, 0.25) is 5.02 Å². The van der Waals surface area contributed by atoms with Gasteiger partial charge in [-0.3, -0.25) is 4.79 Å². The number of hydrogen-bond acceptors (Lipinski definition) is 5. The van der Waals surface area contributed by atoms with Crippen molar-refractivity contribution in [1.82, 2.24) is 4.98 Å². The average molecular weight is 396 g/mol. The van der Waals surface area contributed by atoms with E-state index in [1.807, 2.05) is 25.1 Å². The molecule has 7 heteroatoms. The van der Waals surface area contributed by atoms with E-state index in [9.17, 15) is 9.59 Å². The van der Waals surface area contributed by atoms with Gasteiger partial charge in [0.15, 0.2) is 0 Å². The number of amides is 1. The molecule has 6 nitrogen and oxygen atoms in total. The van der Waals surface area contributed by atoms with Crippen LogP contribution in [-0.4, -0.2) is 24.0 Å². The number of nitrogens with zero attached hydrogens (tertiary/aromatic N) is 1. The average Bonchev–Trinajstić information content (AvgIpc) is 2.71. The zero-order valence-corrected chi connectivity index (χ0v) is 16.1. The van der Waals surface area contributed by atoms with Crippen LogP contribution in [-0.2, 0) is 4.74 Å². The molecule has 0 radical (unpaired) electrons. The molecule has 142 valence electrons. The molecule has 0 aliphatic heterocycles. The fourth-order valence-corrected chi connectivity index (χ4v) is 2.66. The number of carbonyl (C=O) groups excluding carboxylic acids is 2. The largest absolute Gasteiger partial charge is 0.465 e. The lowest BCUT2D eigenvalue weighted by atomic mass is 10.2. The number of benzene rings is 2. The quantitative estimate of drug-likeness (QED) is 0.605. The maximum atomic E-state index is 12.4. The van der Waals surface area contributed by atoms with Gasteiger partial charge in [0.1, 0.15) is 5.69 Å². The van der Waals surface area contributed by atoms with Gasteiger partial charge < -0.3 is 15.4 Å². The minimum atomic E-state index is -0.433. The van der Waals surface area contributed by atoms with E-state index in [2.05, 4.69) is 20.4 Å². The van der Waals surface area contributed by atoms with Gasteiger partial charge in [-0.05, 0) is 61.0 Å². The Morgan fingerprint density at radius 2 is 1.71 bits per heavy atom. The minimum Gasteiger partial charge on any atom is -0.465 e. The molecule has 0 saturated carbocycles. The normalized spacial score (nSPS) is 10.2. The number of rotatable bonds is 5. The summed E-state index contributed by atoms with van der Waals surface area (Å²) in [5.41, 5.74) is 3.88. The summed E-state index contributed by atoms with van der Waals surface area (Å²) < 4.78 is 4.64. The van der Waals surface area contributed by atoms with Crippen LogP contribution in [0.15, 0.2) is 60.8 Å². The second-order valence-electron chi connectivity index (χ2n) is 6.04. The van der Waals surface area contributed by atoms with Crippen LogP contribution in [0, 0.1) is 6.92 Å². The molecule has 0 fully saturated rings. The predicted octanol–water partition coefficient (Wildman–Crippen LogP) is 4.83. The highest BCUT2D eigenvalue weighted by Crippen LogP contribution is 2.24. The number of aromatic nitrogens is 1. The second-order valence-corrected chi connectivity index (χ2v) is 6.48. The molecule has 0 spiro atoms. The van der Waals surface area contributed by atoms with Crippen LogP contribution in [0.3, 0.4) is 0 Å². The van der Waals surface area contributed by atoms with Gasteiger partial charge in [-0.2, -0.15) is 0 Å². The summed E-state index contributed by atoms with van der Waals surface area (Å²) in [6.45, 7) is 1.97. The SMILES string of the molecule is COC(=O)c1ccc(NC(=O)c2ccc(Nc3cc(Cl)ccc3C)cn2)cc1. The van der Waals surface area contributed by atoms with Gasteiger partial charge in [-0.15, -0.1) is 0 Å². The van der Waals surface area contributed by atoms with Crippen molar-refractivity contribution in [2.24, 2.45) is 0 Å². The maximum Gasteiger partial charge on any atom is 0.337 e. The first kappa shape index (κ1) is 19.4. The summed E-state index contributed by atoms with van der Waals surface area (Å²) in [5, 5.41) is 6.60. The summed E-state index contributed by atoms with van der Waals surface area (Å²) in [6, 6.07) is 15.4. The highest BCUT2D eigenvalue weighted by molar-refractivity contribution is 6.30. The zero-order chi connectivity index (χ0) is 20.1.